The van der Waals surface area contributed by atoms with Crippen molar-refractivity contribution in [1.82, 2.24) is 14.3 Å². The van der Waals surface area contributed by atoms with Crippen LogP contribution < -0.4 is 16.0 Å². The number of H-pyrrole nitrogens is 1. The van der Waals surface area contributed by atoms with Crippen molar-refractivity contribution in [1.29, 1.82) is 0 Å². The smallest absolute Gasteiger partial charge is 0.330 e. The molecule has 2 N–H and O–H groups in total. The molecule has 0 bridgehead atoms. The highest BCUT2D eigenvalue weighted by Crippen LogP contribution is 2.34. The number of halogens is 1. The Morgan fingerprint density at radius 2 is 2.08 bits per heavy atom. The lowest BCUT2D eigenvalue weighted by Crippen LogP contribution is -2.39. The number of hydrogen-bond donors (Lipinski definition) is 2. The zero-order chi connectivity index (χ0) is 18.8. The monoisotopic (exact) mass is 487 g/mol. The maximum Gasteiger partial charge on any atom is 0.330 e. The van der Waals surface area contributed by atoms with Gasteiger partial charge in [-0.25, -0.2) is 17.9 Å². The van der Waals surface area contributed by atoms with Gasteiger partial charge in [0.05, 0.1) is 0 Å². The predicted octanol–water partition coefficient (Wildman–Crippen LogP) is -0.444. The fourth-order valence-corrected chi connectivity index (χ4v) is 3.50. The van der Waals surface area contributed by atoms with E-state index in [0.717, 1.165) is 5.41 Å². The van der Waals surface area contributed by atoms with Gasteiger partial charge in [-0.3, -0.25) is 14.3 Å². The molecule has 4 atom stereocenters. The molecule has 1 aliphatic heterocycles. The van der Waals surface area contributed by atoms with E-state index >= 15 is 0 Å². The molecule has 10 nitrogen and oxygen atoms in total. The molecule has 1 aliphatic rings. The molecule has 0 saturated carbocycles. The molecule has 12 heteroatoms. The topological polar surface area (TPSA) is 129 Å². The Labute approximate surface area is 157 Å². The van der Waals surface area contributed by atoms with E-state index in [-0.39, 0.29) is 0 Å². The molecule has 0 spiro atoms. The van der Waals surface area contributed by atoms with E-state index in [2.05, 4.69) is 9.71 Å². The van der Waals surface area contributed by atoms with Gasteiger partial charge in [0.2, 0.25) is 10.0 Å². The molecule has 1 saturated heterocycles. The number of aromatic amines is 1. The third-order valence-electron chi connectivity index (χ3n) is 3.75. The molecule has 0 radical (unpaired) electrons. The number of sulfonamides is 1. The highest BCUT2D eigenvalue weighted by Gasteiger charge is 2.46. The molecule has 1 aromatic heterocycles. The minimum absolute atomic E-state index is 0.321. The van der Waals surface area contributed by atoms with Gasteiger partial charge in [0.25, 0.3) is 5.56 Å². The van der Waals surface area contributed by atoms with Gasteiger partial charge >= 0.3 is 5.69 Å². The van der Waals surface area contributed by atoms with Crippen LogP contribution in [0.1, 0.15) is 11.8 Å². The largest absolute Gasteiger partial charge is 0.374 e. The second-order valence-corrected chi connectivity index (χ2v) is 7.58. The molecule has 0 amide bonds. The summed E-state index contributed by atoms with van der Waals surface area (Å²) in [5, 5.41) is 0.955. The lowest BCUT2D eigenvalue weighted by atomic mass is 10.1. The van der Waals surface area contributed by atoms with Crippen molar-refractivity contribution < 1.29 is 21.0 Å². The SMILES string of the molecule is CNS(=O)(=O)/C=C/[C@H]1O[C@@H](n2cc(C)c(=O)[nH]c2=O)[C@H](OC)[C@@H]1OI. The Morgan fingerprint density at radius 3 is 2.64 bits per heavy atom. The maximum absolute atomic E-state index is 12.1. The van der Waals surface area contributed by atoms with Crippen molar-refractivity contribution in [2.24, 2.45) is 0 Å². The first-order chi connectivity index (χ1) is 11.7. The van der Waals surface area contributed by atoms with Crippen LogP contribution >= 0.6 is 23.0 Å². The zero-order valence-electron chi connectivity index (χ0n) is 13.6. The van der Waals surface area contributed by atoms with Gasteiger partial charge < -0.3 is 12.5 Å². The maximum atomic E-state index is 12.1. The molecule has 2 rings (SSSR count). The number of aryl methyl sites for hydroxylation is 1. The molecule has 0 aromatic carbocycles. The van der Waals surface area contributed by atoms with Crippen LogP contribution in [0.2, 0.25) is 0 Å². The fraction of sp³-hybridized carbons (Fsp3) is 0.538. The quantitative estimate of drug-likeness (QED) is 0.521. The summed E-state index contributed by atoms with van der Waals surface area (Å²) in [5.74, 6) is 0. The fourth-order valence-electron chi connectivity index (χ4n) is 2.42. The summed E-state index contributed by atoms with van der Waals surface area (Å²) in [6.45, 7) is 1.55. The highest BCUT2D eigenvalue weighted by molar-refractivity contribution is 14.1. The van der Waals surface area contributed by atoms with Gasteiger partial charge in [-0.1, -0.05) is 0 Å². The van der Waals surface area contributed by atoms with Crippen molar-refractivity contribution in [3.8, 4) is 0 Å². The first-order valence-electron chi connectivity index (χ1n) is 7.13. The Hall–Kier alpha value is -1.06. The average Bonchev–Trinajstić information content (AvgIpc) is 2.93. The first-order valence-corrected chi connectivity index (χ1v) is 9.56. The van der Waals surface area contributed by atoms with Crippen LogP contribution in [-0.4, -0.2) is 50.4 Å². The lowest BCUT2D eigenvalue weighted by molar-refractivity contribution is -0.0462. The van der Waals surface area contributed by atoms with Crippen molar-refractivity contribution in [3.05, 3.63) is 44.1 Å². The molecule has 0 unspecified atom stereocenters. The molecule has 0 aliphatic carbocycles. The molecule has 2 heterocycles. The summed E-state index contributed by atoms with van der Waals surface area (Å²) < 4.78 is 43.0. The Balaban J connectivity index is 2.42. The summed E-state index contributed by atoms with van der Waals surface area (Å²) >= 11 is 1.66. The van der Waals surface area contributed by atoms with E-state index < -0.39 is 45.8 Å². The number of aromatic nitrogens is 2. The first kappa shape index (κ1) is 20.3. The number of rotatable bonds is 6. The predicted molar refractivity (Wildman–Crippen MR) is 96.8 cm³/mol. The summed E-state index contributed by atoms with van der Waals surface area (Å²) in [5.41, 5.74) is -0.837. The second-order valence-electron chi connectivity index (χ2n) is 5.30. The van der Waals surface area contributed by atoms with Gasteiger partial charge in [0, 0.05) is 24.3 Å². The van der Waals surface area contributed by atoms with Gasteiger partial charge in [0.1, 0.15) is 41.3 Å². The van der Waals surface area contributed by atoms with Gasteiger partial charge in [-0.15, -0.1) is 0 Å². The van der Waals surface area contributed by atoms with Crippen LogP contribution in [-0.2, 0) is 22.6 Å². The van der Waals surface area contributed by atoms with Crippen LogP contribution in [0.4, 0.5) is 0 Å². The number of nitrogens with zero attached hydrogens (tertiary/aromatic N) is 1. The van der Waals surface area contributed by atoms with Crippen molar-refractivity contribution >= 4 is 33.0 Å². The summed E-state index contributed by atoms with van der Waals surface area (Å²) in [4.78, 5) is 25.8. The molecule has 1 fully saturated rings. The van der Waals surface area contributed by atoms with Crippen LogP contribution in [0, 0.1) is 6.92 Å². The van der Waals surface area contributed by atoms with E-state index in [1.807, 2.05) is 0 Å². The third-order valence-corrected chi connectivity index (χ3v) is 5.42. The number of methoxy groups -OCH3 is 1. The zero-order valence-corrected chi connectivity index (χ0v) is 16.6. The van der Waals surface area contributed by atoms with Crippen molar-refractivity contribution in [2.45, 2.75) is 31.5 Å². The van der Waals surface area contributed by atoms with E-state index in [4.69, 9.17) is 12.5 Å². The van der Waals surface area contributed by atoms with E-state index in [9.17, 15) is 18.0 Å². The minimum Gasteiger partial charge on any atom is -0.374 e. The Bertz CT molecular complexity index is 863. The molecule has 25 heavy (non-hydrogen) atoms. The molecular weight excluding hydrogens is 469 g/mol. The van der Waals surface area contributed by atoms with Gasteiger partial charge in [-0.05, 0) is 20.0 Å². The number of nitrogens with one attached hydrogen (secondary N) is 2. The normalized spacial score (nSPS) is 27.2. The molecule has 140 valence electrons. The van der Waals surface area contributed by atoms with Crippen LogP contribution in [0.25, 0.3) is 0 Å². The summed E-state index contributed by atoms with van der Waals surface area (Å²) in [6, 6.07) is 0. The van der Waals surface area contributed by atoms with Gasteiger partial charge in [0.15, 0.2) is 6.23 Å². The van der Waals surface area contributed by atoms with E-state index in [1.54, 1.807) is 29.9 Å². The van der Waals surface area contributed by atoms with E-state index in [1.165, 1.54) is 31.0 Å². The van der Waals surface area contributed by atoms with E-state index in [0.29, 0.717) is 5.56 Å². The molecule has 1 aromatic rings. The second kappa shape index (κ2) is 8.09. The number of hydrogen-bond acceptors (Lipinski definition) is 7. The Kier molecular flexibility index (Phi) is 6.56. The lowest BCUT2D eigenvalue weighted by Gasteiger charge is -2.21. The number of ether oxygens (including phenoxy) is 2. The standard InChI is InChI=1S/C13H18IN3O7S/c1-7-6-17(13(19)16-11(7)18)12-10(22-3)9(24-14)8(23-12)4-5-25(20,21)15-2/h4-6,8-10,12,15H,1-3H3,(H,16,18,19)/b5-4+/t8-,9-,10-,12-/m1/s1. The third kappa shape index (κ3) is 4.38. The van der Waals surface area contributed by atoms with Gasteiger partial charge in [-0.2, -0.15) is 0 Å². The summed E-state index contributed by atoms with van der Waals surface area (Å²) in [7, 11) is -0.888. The van der Waals surface area contributed by atoms with Crippen molar-refractivity contribution in [3.63, 3.8) is 0 Å². The summed E-state index contributed by atoms with van der Waals surface area (Å²) in [6.07, 6.45) is -0.387. The highest BCUT2D eigenvalue weighted by atomic mass is 127. The van der Waals surface area contributed by atoms with Crippen LogP contribution in [0.5, 0.6) is 0 Å². The van der Waals surface area contributed by atoms with Crippen LogP contribution in [0.3, 0.4) is 0 Å². The Morgan fingerprint density at radius 1 is 1.40 bits per heavy atom. The molecular formula is C13H18IN3O7S. The minimum atomic E-state index is -3.59. The van der Waals surface area contributed by atoms with Crippen molar-refractivity contribution in [2.75, 3.05) is 14.2 Å². The average molecular weight is 487 g/mol. The van der Waals surface area contributed by atoms with Crippen LogP contribution in [0.15, 0.2) is 27.3 Å².